The summed E-state index contributed by atoms with van der Waals surface area (Å²) >= 11 is 0. The fraction of sp³-hybridized carbons (Fsp3) is 0.571. The normalized spacial score (nSPS) is 10.4. The van der Waals surface area contributed by atoms with Gasteiger partial charge in [-0.3, -0.25) is 0 Å². The van der Waals surface area contributed by atoms with Crippen molar-refractivity contribution < 1.29 is 9.84 Å². The first kappa shape index (κ1) is 13.0. The van der Waals surface area contributed by atoms with Crippen molar-refractivity contribution in [1.29, 1.82) is 0 Å². The SMILES string of the molecule is CCCCCOc1ccc(CCCO)cc1. The van der Waals surface area contributed by atoms with Gasteiger partial charge in [0.05, 0.1) is 6.61 Å². The molecular weight excluding hydrogens is 200 g/mol. The minimum atomic E-state index is 0.259. The fourth-order valence-electron chi connectivity index (χ4n) is 1.58. The van der Waals surface area contributed by atoms with Gasteiger partial charge < -0.3 is 9.84 Å². The summed E-state index contributed by atoms with van der Waals surface area (Å²) in [5, 5.41) is 8.72. The van der Waals surface area contributed by atoms with Gasteiger partial charge >= 0.3 is 0 Å². The van der Waals surface area contributed by atoms with E-state index in [4.69, 9.17) is 9.84 Å². The van der Waals surface area contributed by atoms with Crippen LogP contribution < -0.4 is 4.74 Å². The summed E-state index contributed by atoms with van der Waals surface area (Å²) in [6.45, 7) is 3.26. The van der Waals surface area contributed by atoms with E-state index >= 15 is 0 Å². The van der Waals surface area contributed by atoms with Gasteiger partial charge in [0.2, 0.25) is 0 Å². The Morgan fingerprint density at radius 1 is 1.06 bits per heavy atom. The van der Waals surface area contributed by atoms with Crippen LogP contribution in [0.2, 0.25) is 0 Å². The number of hydrogen-bond donors (Lipinski definition) is 1. The van der Waals surface area contributed by atoms with Gasteiger partial charge in [0, 0.05) is 6.61 Å². The van der Waals surface area contributed by atoms with Crippen LogP contribution in [0.15, 0.2) is 24.3 Å². The number of ether oxygens (including phenoxy) is 1. The molecule has 0 aliphatic carbocycles. The van der Waals surface area contributed by atoms with Gasteiger partial charge in [-0.1, -0.05) is 31.9 Å². The van der Waals surface area contributed by atoms with Crippen molar-refractivity contribution in [2.45, 2.75) is 39.0 Å². The maximum Gasteiger partial charge on any atom is 0.119 e. The fourth-order valence-corrected chi connectivity index (χ4v) is 1.58. The molecule has 1 aromatic rings. The van der Waals surface area contributed by atoms with Crippen LogP contribution in [-0.2, 0) is 6.42 Å². The molecule has 0 spiro atoms. The molecule has 0 heterocycles. The molecule has 16 heavy (non-hydrogen) atoms. The molecule has 0 unspecified atom stereocenters. The number of unbranched alkanes of at least 4 members (excludes halogenated alkanes) is 2. The van der Waals surface area contributed by atoms with E-state index in [9.17, 15) is 0 Å². The highest BCUT2D eigenvalue weighted by Gasteiger charge is 1.95. The maximum atomic E-state index is 8.72. The Kier molecular flexibility index (Phi) is 6.66. The summed E-state index contributed by atoms with van der Waals surface area (Å²) in [5.41, 5.74) is 1.26. The zero-order valence-corrected chi connectivity index (χ0v) is 10.1. The van der Waals surface area contributed by atoms with E-state index in [1.807, 2.05) is 12.1 Å². The van der Waals surface area contributed by atoms with Crippen molar-refractivity contribution in [2.75, 3.05) is 13.2 Å². The summed E-state index contributed by atoms with van der Waals surface area (Å²) < 4.78 is 5.62. The average Bonchev–Trinajstić information content (AvgIpc) is 2.33. The Balaban J connectivity index is 2.27. The minimum absolute atomic E-state index is 0.259. The third kappa shape index (κ3) is 5.17. The Hall–Kier alpha value is -1.02. The lowest BCUT2D eigenvalue weighted by Gasteiger charge is -2.06. The number of aliphatic hydroxyl groups is 1. The molecule has 0 aliphatic heterocycles. The van der Waals surface area contributed by atoms with Crippen molar-refractivity contribution in [1.82, 2.24) is 0 Å². The molecule has 0 aliphatic rings. The monoisotopic (exact) mass is 222 g/mol. The van der Waals surface area contributed by atoms with Crippen LogP contribution in [0.3, 0.4) is 0 Å². The average molecular weight is 222 g/mol. The van der Waals surface area contributed by atoms with Gasteiger partial charge in [-0.15, -0.1) is 0 Å². The largest absolute Gasteiger partial charge is 0.494 e. The Morgan fingerprint density at radius 2 is 1.81 bits per heavy atom. The van der Waals surface area contributed by atoms with E-state index in [0.717, 1.165) is 31.6 Å². The molecule has 0 fully saturated rings. The summed E-state index contributed by atoms with van der Waals surface area (Å²) in [6.07, 6.45) is 5.35. The highest BCUT2D eigenvalue weighted by atomic mass is 16.5. The second kappa shape index (κ2) is 8.17. The number of benzene rings is 1. The second-order valence-electron chi connectivity index (χ2n) is 4.03. The van der Waals surface area contributed by atoms with Gasteiger partial charge in [0.1, 0.15) is 5.75 Å². The lowest BCUT2D eigenvalue weighted by Crippen LogP contribution is -1.97. The minimum Gasteiger partial charge on any atom is -0.494 e. The van der Waals surface area contributed by atoms with E-state index in [1.54, 1.807) is 0 Å². The van der Waals surface area contributed by atoms with Gasteiger partial charge in [-0.05, 0) is 37.0 Å². The first-order chi connectivity index (χ1) is 7.86. The summed E-state index contributed by atoms with van der Waals surface area (Å²) in [4.78, 5) is 0. The van der Waals surface area contributed by atoms with Gasteiger partial charge in [0.15, 0.2) is 0 Å². The molecule has 2 nitrogen and oxygen atoms in total. The summed E-state index contributed by atoms with van der Waals surface area (Å²) in [5.74, 6) is 0.948. The molecule has 0 radical (unpaired) electrons. The quantitative estimate of drug-likeness (QED) is 0.684. The van der Waals surface area contributed by atoms with Crippen LogP contribution in [0, 0.1) is 0 Å². The van der Waals surface area contributed by atoms with Crippen molar-refractivity contribution in [2.24, 2.45) is 0 Å². The Labute approximate surface area is 98.3 Å². The van der Waals surface area contributed by atoms with E-state index in [2.05, 4.69) is 19.1 Å². The molecule has 1 aromatic carbocycles. The number of hydrogen-bond acceptors (Lipinski definition) is 2. The van der Waals surface area contributed by atoms with Crippen LogP contribution in [0.5, 0.6) is 5.75 Å². The zero-order chi connectivity index (χ0) is 11.6. The molecule has 90 valence electrons. The standard InChI is InChI=1S/C14H22O2/c1-2-3-4-12-16-14-9-7-13(8-10-14)6-5-11-15/h7-10,15H,2-6,11-12H2,1H3. The van der Waals surface area contributed by atoms with E-state index < -0.39 is 0 Å². The third-order valence-electron chi connectivity index (χ3n) is 2.56. The first-order valence-corrected chi connectivity index (χ1v) is 6.19. The number of aliphatic hydroxyl groups excluding tert-OH is 1. The lowest BCUT2D eigenvalue weighted by atomic mass is 10.1. The Morgan fingerprint density at radius 3 is 2.44 bits per heavy atom. The molecule has 0 amide bonds. The van der Waals surface area contributed by atoms with Crippen LogP contribution in [0.25, 0.3) is 0 Å². The van der Waals surface area contributed by atoms with Crippen molar-refractivity contribution in [3.05, 3.63) is 29.8 Å². The zero-order valence-electron chi connectivity index (χ0n) is 10.1. The third-order valence-corrected chi connectivity index (χ3v) is 2.56. The predicted octanol–water partition coefficient (Wildman–Crippen LogP) is 3.18. The van der Waals surface area contributed by atoms with Gasteiger partial charge in [-0.2, -0.15) is 0 Å². The number of rotatable bonds is 8. The Bertz CT molecular complexity index is 267. The number of aryl methyl sites for hydroxylation is 1. The second-order valence-corrected chi connectivity index (χ2v) is 4.03. The summed E-state index contributed by atoms with van der Waals surface area (Å²) in [7, 11) is 0. The van der Waals surface area contributed by atoms with Gasteiger partial charge in [-0.25, -0.2) is 0 Å². The van der Waals surface area contributed by atoms with Crippen LogP contribution in [0.1, 0.15) is 38.2 Å². The lowest BCUT2D eigenvalue weighted by molar-refractivity contribution is 0.288. The highest BCUT2D eigenvalue weighted by molar-refractivity contribution is 5.27. The molecule has 0 aromatic heterocycles. The van der Waals surface area contributed by atoms with E-state index in [1.165, 1.54) is 18.4 Å². The molecule has 0 saturated heterocycles. The van der Waals surface area contributed by atoms with E-state index in [0.29, 0.717) is 0 Å². The summed E-state index contributed by atoms with van der Waals surface area (Å²) in [6, 6.07) is 8.17. The van der Waals surface area contributed by atoms with Gasteiger partial charge in [0.25, 0.3) is 0 Å². The first-order valence-electron chi connectivity index (χ1n) is 6.19. The molecular formula is C14H22O2. The predicted molar refractivity (Wildman–Crippen MR) is 66.9 cm³/mol. The topological polar surface area (TPSA) is 29.5 Å². The molecule has 0 bridgehead atoms. The van der Waals surface area contributed by atoms with E-state index in [-0.39, 0.29) is 6.61 Å². The smallest absolute Gasteiger partial charge is 0.119 e. The molecule has 0 saturated carbocycles. The molecule has 1 rings (SSSR count). The van der Waals surface area contributed by atoms with Crippen LogP contribution in [-0.4, -0.2) is 18.3 Å². The molecule has 0 atom stereocenters. The highest BCUT2D eigenvalue weighted by Crippen LogP contribution is 2.13. The maximum absolute atomic E-state index is 8.72. The van der Waals surface area contributed by atoms with Crippen molar-refractivity contribution in [3.8, 4) is 5.75 Å². The van der Waals surface area contributed by atoms with Crippen molar-refractivity contribution in [3.63, 3.8) is 0 Å². The van der Waals surface area contributed by atoms with Crippen molar-refractivity contribution >= 4 is 0 Å². The van der Waals surface area contributed by atoms with Crippen LogP contribution in [0.4, 0.5) is 0 Å². The molecule has 2 heteroatoms. The van der Waals surface area contributed by atoms with Crippen LogP contribution >= 0.6 is 0 Å². The molecule has 1 N–H and O–H groups in total.